The third-order valence-corrected chi connectivity index (χ3v) is 5.12. The number of rotatable bonds is 0. The van der Waals surface area contributed by atoms with E-state index < -0.39 is 5.72 Å². The van der Waals surface area contributed by atoms with Gasteiger partial charge in [-0.25, -0.2) is 0 Å². The Morgan fingerprint density at radius 3 is 3.00 bits per heavy atom. The van der Waals surface area contributed by atoms with Gasteiger partial charge in [-0.3, -0.25) is 4.79 Å². The normalized spacial score (nSPS) is 50.6. The predicted molar refractivity (Wildman–Crippen MR) is 62.8 cm³/mol. The second-order valence-corrected chi connectivity index (χ2v) is 5.83. The number of nitrogens with zero attached hydrogens (tertiary/aromatic N) is 1. The lowest BCUT2D eigenvalue weighted by Crippen LogP contribution is -2.49. The maximum Gasteiger partial charge on any atom is 0.229 e. The molecule has 1 saturated carbocycles. The number of carbonyl (C=O) groups excluding carboxylic acids is 1. The highest BCUT2D eigenvalue weighted by molar-refractivity contribution is 5.84. The number of hydrogen-bond acceptors (Lipinski definition) is 2. The van der Waals surface area contributed by atoms with Crippen molar-refractivity contribution < 1.29 is 9.90 Å². The average Bonchev–Trinajstić information content (AvgIpc) is 2.92. The van der Waals surface area contributed by atoms with Gasteiger partial charge in [-0.2, -0.15) is 0 Å². The zero-order valence-electron chi connectivity index (χ0n) is 9.75. The van der Waals surface area contributed by atoms with Crippen molar-refractivity contribution in [2.75, 3.05) is 6.54 Å². The highest BCUT2D eigenvalue weighted by Crippen LogP contribution is 2.58. The molecule has 2 aliphatic carbocycles. The van der Waals surface area contributed by atoms with Crippen LogP contribution in [0.25, 0.3) is 0 Å². The van der Waals surface area contributed by atoms with Gasteiger partial charge in [-0.05, 0) is 24.7 Å². The van der Waals surface area contributed by atoms with E-state index in [1.165, 1.54) is 0 Å². The quantitative estimate of drug-likeness (QED) is 0.638. The highest BCUT2D eigenvalue weighted by Gasteiger charge is 2.65. The second kappa shape index (κ2) is 3.02. The summed E-state index contributed by atoms with van der Waals surface area (Å²) in [5.74, 6) is 1.18. The molecule has 0 aromatic heterocycles. The first-order chi connectivity index (χ1) is 8.22. The van der Waals surface area contributed by atoms with Gasteiger partial charge >= 0.3 is 0 Å². The zero-order valence-corrected chi connectivity index (χ0v) is 9.75. The first-order valence-corrected chi connectivity index (χ1v) is 6.59. The van der Waals surface area contributed by atoms with Crippen LogP contribution in [-0.2, 0) is 4.79 Å². The molecule has 1 amide bonds. The van der Waals surface area contributed by atoms with Gasteiger partial charge in [0.2, 0.25) is 5.91 Å². The number of allylic oxidation sites excluding steroid dienone is 2. The Morgan fingerprint density at radius 2 is 2.12 bits per heavy atom. The summed E-state index contributed by atoms with van der Waals surface area (Å²) in [6.07, 6.45) is 11.1. The lowest BCUT2D eigenvalue weighted by molar-refractivity contribution is -0.151. The van der Waals surface area contributed by atoms with Crippen LogP contribution in [0.4, 0.5) is 0 Å². The van der Waals surface area contributed by atoms with Crippen molar-refractivity contribution in [3.63, 3.8) is 0 Å². The highest BCUT2D eigenvalue weighted by atomic mass is 16.3. The van der Waals surface area contributed by atoms with Gasteiger partial charge < -0.3 is 10.0 Å². The lowest BCUT2D eigenvalue weighted by atomic mass is 9.78. The minimum absolute atomic E-state index is 0.0569. The van der Waals surface area contributed by atoms with Crippen molar-refractivity contribution >= 4 is 5.91 Å². The first-order valence-electron chi connectivity index (χ1n) is 6.59. The third kappa shape index (κ3) is 1.04. The lowest BCUT2D eigenvalue weighted by Gasteiger charge is -2.37. The van der Waals surface area contributed by atoms with E-state index in [9.17, 15) is 9.90 Å². The summed E-state index contributed by atoms with van der Waals surface area (Å²) in [6.45, 7) is 0.679. The molecular formula is C14H17NO2. The molecule has 4 rings (SSSR count). The van der Waals surface area contributed by atoms with Gasteiger partial charge in [0.25, 0.3) is 0 Å². The second-order valence-electron chi connectivity index (χ2n) is 5.83. The van der Waals surface area contributed by atoms with Gasteiger partial charge in [-0.1, -0.05) is 24.3 Å². The molecule has 0 unspecified atom stereocenters. The van der Waals surface area contributed by atoms with Gasteiger partial charge in [0, 0.05) is 18.9 Å². The van der Waals surface area contributed by atoms with Crippen molar-refractivity contribution in [2.24, 2.45) is 23.7 Å². The van der Waals surface area contributed by atoms with Crippen LogP contribution in [0.1, 0.15) is 19.3 Å². The van der Waals surface area contributed by atoms with Gasteiger partial charge in [0.1, 0.15) is 5.72 Å². The fourth-order valence-electron chi connectivity index (χ4n) is 4.47. The van der Waals surface area contributed by atoms with E-state index in [2.05, 4.69) is 18.2 Å². The molecule has 1 N–H and O–H groups in total. The van der Waals surface area contributed by atoms with Crippen LogP contribution in [0.5, 0.6) is 0 Å². The number of fused-ring (bicyclic) bond motifs is 7. The fraction of sp³-hybridized carbons (Fsp3) is 0.643. The molecule has 0 radical (unpaired) electrons. The standard InChI is InChI=1S/C14H17NO2/c16-13-11-9-4-5-10(8-9)12(11)14(17)6-2-1-3-7-15(13)14/h1-2,4-5,9-12,17H,3,6-8H2/t9-,10+,11+,12-,14-/m1/s1. The van der Waals surface area contributed by atoms with Crippen molar-refractivity contribution in [1.82, 2.24) is 4.90 Å². The number of amides is 1. The smallest absolute Gasteiger partial charge is 0.229 e. The van der Waals surface area contributed by atoms with Crippen LogP contribution >= 0.6 is 0 Å². The molecule has 5 atom stereocenters. The monoisotopic (exact) mass is 231 g/mol. The Hall–Kier alpha value is -1.09. The minimum Gasteiger partial charge on any atom is -0.370 e. The van der Waals surface area contributed by atoms with Crippen LogP contribution in [0.2, 0.25) is 0 Å². The van der Waals surface area contributed by atoms with E-state index >= 15 is 0 Å². The largest absolute Gasteiger partial charge is 0.370 e. The summed E-state index contributed by atoms with van der Waals surface area (Å²) in [7, 11) is 0. The summed E-state index contributed by atoms with van der Waals surface area (Å²) in [4.78, 5) is 14.2. The molecule has 0 aromatic rings. The van der Waals surface area contributed by atoms with E-state index in [-0.39, 0.29) is 17.7 Å². The van der Waals surface area contributed by atoms with E-state index in [1.54, 1.807) is 4.90 Å². The van der Waals surface area contributed by atoms with Crippen molar-refractivity contribution in [3.05, 3.63) is 24.3 Å². The van der Waals surface area contributed by atoms with E-state index in [0.29, 0.717) is 24.8 Å². The maximum atomic E-state index is 12.5. The summed E-state index contributed by atoms with van der Waals surface area (Å²) in [6, 6.07) is 0. The van der Waals surface area contributed by atoms with Crippen LogP contribution < -0.4 is 0 Å². The molecule has 0 spiro atoms. The molecule has 2 bridgehead atoms. The molecule has 2 aliphatic heterocycles. The summed E-state index contributed by atoms with van der Waals surface area (Å²) in [5, 5.41) is 11.0. The first kappa shape index (κ1) is 9.89. The number of aliphatic hydroxyl groups is 1. The van der Waals surface area contributed by atoms with E-state index in [4.69, 9.17) is 0 Å². The van der Waals surface area contributed by atoms with E-state index in [1.807, 2.05) is 6.08 Å². The van der Waals surface area contributed by atoms with Crippen LogP contribution in [-0.4, -0.2) is 28.2 Å². The topological polar surface area (TPSA) is 40.5 Å². The Labute approximate surface area is 101 Å². The van der Waals surface area contributed by atoms with Crippen molar-refractivity contribution in [1.29, 1.82) is 0 Å². The Kier molecular flexibility index (Phi) is 1.76. The van der Waals surface area contributed by atoms with Crippen molar-refractivity contribution in [2.45, 2.75) is 25.0 Å². The maximum absolute atomic E-state index is 12.5. The summed E-state index contributed by atoms with van der Waals surface area (Å²) >= 11 is 0. The third-order valence-electron chi connectivity index (χ3n) is 5.12. The molecule has 4 aliphatic rings. The SMILES string of the molecule is O=C1[C@@H]2[C@@H]([C@H]3C=C[C@@H]2C3)[C@]2(O)CC=CCCN12. The molecule has 0 aromatic carbocycles. The molecule has 2 heterocycles. The summed E-state index contributed by atoms with van der Waals surface area (Å²) < 4.78 is 0. The van der Waals surface area contributed by atoms with E-state index in [0.717, 1.165) is 12.8 Å². The van der Waals surface area contributed by atoms with Gasteiger partial charge in [0.15, 0.2) is 0 Å². The van der Waals surface area contributed by atoms with Gasteiger partial charge in [0.05, 0.1) is 5.92 Å². The van der Waals surface area contributed by atoms with Crippen LogP contribution in [0.3, 0.4) is 0 Å². The van der Waals surface area contributed by atoms with Crippen LogP contribution in [0.15, 0.2) is 24.3 Å². The Balaban J connectivity index is 1.82. The number of carbonyl (C=O) groups is 1. The van der Waals surface area contributed by atoms with Crippen LogP contribution in [0, 0.1) is 23.7 Å². The molecule has 3 nitrogen and oxygen atoms in total. The predicted octanol–water partition coefficient (Wildman–Crippen LogP) is 1.31. The summed E-state index contributed by atoms with van der Waals surface area (Å²) in [5.41, 5.74) is -0.904. The Bertz CT molecular complexity index is 442. The van der Waals surface area contributed by atoms with Crippen molar-refractivity contribution in [3.8, 4) is 0 Å². The minimum atomic E-state index is -0.904. The molecule has 17 heavy (non-hydrogen) atoms. The molecule has 3 heteroatoms. The fourth-order valence-corrected chi connectivity index (χ4v) is 4.47. The molecule has 2 fully saturated rings. The molecule has 1 saturated heterocycles. The molecular weight excluding hydrogens is 214 g/mol. The number of hydrogen-bond donors (Lipinski definition) is 1. The Morgan fingerprint density at radius 1 is 1.29 bits per heavy atom. The van der Waals surface area contributed by atoms with Gasteiger partial charge in [-0.15, -0.1) is 0 Å². The average molecular weight is 231 g/mol. The molecule has 90 valence electrons. The zero-order chi connectivity index (χ0) is 11.6.